The summed E-state index contributed by atoms with van der Waals surface area (Å²) in [6.07, 6.45) is 10.1. The average molecular weight is 367 g/mol. The number of nitrogens with one attached hydrogen (secondary N) is 1. The highest BCUT2D eigenvalue weighted by molar-refractivity contribution is 14.1. The van der Waals surface area contributed by atoms with Crippen LogP contribution >= 0.6 is 22.6 Å². The molecule has 0 aromatic heterocycles. The third-order valence-electron chi connectivity index (χ3n) is 2.53. The molecule has 0 saturated heterocycles. The maximum Gasteiger partial charge on any atom is 0.271 e. The number of rotatable bonds is 5. The molecule has 97 valence electrons. The minimum absolute atomic E-state index is 0.0972. The number of anilines is 1. The Labute approximate surface area is 126 Å². The van der Waals surface area contributed by atoms with Crippen LogP contribution in [0, 0.1) is 41.7 Å². The van der Waals surface area contributed by atoms with Crippen LogP contribution in [0.3, 0.4) is 0 Å². The molecule has 0 heterocycles. The molecule has 1 saturated carbocycles. The van der Waals surface area contributed by atoms with Crippen LogP contribution in [0.2, 0.25) is 0 Å². The van der Waals surface area contributed by atoms with Gasteiger partial charge in [-0.15, -0.1) is 0 Å². The Hall–Kier alpha value is -1.11. The molecule has 0 spiro atoms. The number of nitrogens with zero attached hydrogens (tertiary/aromatic N) is 1. The quantitative estimate of drug-likeness (QED) is 0.490. The summed E-state index contributed by atoms with van der Waals surface area (Å²) >= 11 is 2.26. The van der Waals surface area contributed by atoms with Gasteiger partial charge in [-0.25, -0.2) is 0 Å². The van der Waals surface area contributed by atoms with E-state index in [0.29, 0.717) is 6.54 Å². The molecular weight excluding hydrogens is 355 g/mol. The third kappa shape index (κ3) is 4.49. The average Bonchev–Trinajstić information content (AvgIpc) is 2.89. The number of hydrogen-bond donors (Lipinski definition) is 1. The highest BCUT2D eigenvalue weighted by atomic mass is 127. The Bertz CT molecular complexity index is 482. The lowest BCUT2D eigenvalue weighted by molar-refractivity contribution is -0.384. The zero-order valence-corrected chi connectivity index (χ0v) is 12.2. The summed E-state index contributed by atoms with van der Waals surface area (Å²) < 4.78 is 1.13. The second-order valence-corrected chi connectivity index (χ2v) is 5.36. The van der Waals surface area contributed by atoms with Crippen molar-refractivity contribution in [2.24, 2.45) is 0 Å². The molecule has 19 heavy (non-hydrogen) atoms. The van der Waals surface area contributed by atoms with E-state index >= 15 is 0 Å². The van der Waals surface area contributed by atoms with Crippen molar-refractivity contribution >= 4 is 34.0 Å². The first kappa shape index (κ1) is 14.3. The minimum atomic E-state index is -0.393. The molecule has 0 amide bonds. The molecule has 1 N–H and O–H groups in total. The maximum absolute atomic E-state index is 10.7. The van der Waals surface area contributed by atoms with E-state index in [1.807, 2.05) is 31.7 Å². The third-order valence-corrected chi connectivity index (χ3v) is 3.22. The fourth-order valence-corrected chi connectivity index (χ4v) is 2.18. The molecule has 0 unspecified atom stereocenters. The Morgan fingerprint density at radius 3 is 2.79 bits per heavy atom. The summed E-state index contributed by atoms with van der Waals surface area (Å²) in [5.41, 5.74) is 0.847. The number of halogens is 1. The predicted molar refractivity (Wildman–Crippen MR) is 84.1 cm³/mol. The second kappa shape index (κ2) is 6.88. The van der Waals surface area contributed by atoms with E-state index in [0.717, 1.165) is 15.2 Å². The van der Waals surface area contributed by atoms with Crippen molar-refractivity contribution in [2.75, 3.05) is 11.9 Å². The van der Waals surface area contributed by atoms with Gasteiger partial charge in [-0.2, -0.15) is 0 Å². The van der Waals surface area contributed by atoms with Crippen molar-refractivity contribution in [2.45, 2.75) is 0 Å². The van der Waals surface area contributed by atoms with Gasteiger partial charge in [0, 0.05) is 33.9 Å². The molecule has 2 rings (SSSR count). The van der Waals surface area contributed by atoms with Crippen molar-refractivity contribution in [3.8, 4) is 0 Å². The lowest BCUT2D eigenvalue weighted by Crippen LogP contribution is -2.02. The fraction of sp³-hybridized carbons (Fsp3) is 0.0714. The summed E-state index contributed by atoms with van der Waals surface area (Å²) in [5, 5.41) is 13.8. The first-order valence-corrected chi connectivity index (χ1v) is 6.79. The standard InChI is InChI=1S/C14H12IN2O2/c15-12(8-11-4-1-2-5-11)10-16-13-6-3-7-14(9-13)17(18)19/h1-9,16H,10H2/b12-8-. The molecule has 0 atom stereocenters. The molecule has 1 fully saturated rings. The number of nitro benzene ring substituents is 1. The van der Waals surface area contributed by atoms with Crippen LogP contribution in [-0.4, -0.2) is 11.5 Å². The van der Waals surface area contributed by atoms with Crippen LogP contribution in [0.4, 0.5) is 11.4 Å². The molecule has 5 radical (unpaired) electrons. The van der Waals surface area contributed by atoms with Crippen molar-refractivity contribution in [1.82, 2.24) is 0 Å². The van der Waals surface area contributed by atoms with E-state index in [9.17, 15) is 10.1 Å². The minimum Gasteiger partial charge on any atom is -0.380 e. The van der Waals surface area contributed by atoms with Crippen LogP contribution in [0.5, 0.6) is 0 Å². The van der Waals surface area contributed by atoms with E-state index < -0.39 is 4.92 Å². The Balaban J connectivity index is 1.90. The molecule has 1 aromatic rings. The van der Waals surface area contributed by atoms with Crippen molar-refractivity contribution in [1.29, 1.82) is 0 Å². The smallest absolute Gasteiger partial charge is 0.271 e. The molecule has 5 heteroatoms. The van der Waals surface area contributed by atoms with Crippen molar-refractivity contribution in [3.05, 3.63) is 75.6 Å². The highest BCUT2D eigenvalue weighted by Crippen LogP contribution is 2.27. The van der Waals surface area contributed by atoms with Gasteiger partial charge in [-0.05, 0) is 54.3 Å². The van der Waals surface area contributed by atoms with Gasteiger partial charge in [-0.1, -0.05) is 12.1 Å². The van der Waals surface area contributed by atoms with Crippen molar-refractivity contribution in [3.63, 3.8) is 0 Å². The van der Waals surface area contributed by atoms with E-state index in [1.54, 1.807) is 6.07 Å². The predicted octanol–water partition coefficient (Wildman–Crippen LogP) is 3.73. The topological polar surface area (TPSA) is 55.2 Å². The van der Waals surface area contributed by atoms with Gasteiger partial charge in [0.05, 0.1) is 4.92 Å². The Kier molecular flexibility index (Phi) is 5.18. The normalized spacial score (nSPS) is 16.6. The Morgan fingerprint density at radius 2 is 2.11 bits per heavy atom. The summed E-state index contributed by atoms with van der Waals surface area (Å²) in [5.74, 6) is 1.16. The van der Waals surface area contributed by atoms with Crippen molar-refractivity contribution < 1.29 is 4.92 Å². The van der Waals surface area contributed by atoms with Crippen LogP contribution in [-0.2, 0) is 0 Å². The van der Waals surface area contributed by atoms with Gasteiger partial charge < -0.3 is 5.32 Å². The summed E-state index contributed by atoms with van der Waals surface area (Å²) in [7, 11) is 0. The van der Waals surface area contributed by atoms with E-state index in [-0.39, 0.29) is 5.69 Å². The molecule has 1 aliphatic carbocycles. The van der Waals surface area contributed by atoms with Crippen LogP contribution in [0.15, 0.2) is 33.9 Å². The van der Waals surface area contributed by atoms with Crippen LogP contribution in [0.1, 0.15) is 0 Å². The molecule has 1 aliphatic rings. The zero-order valence-electron chi connectivity index (χ0n) is 10.0. The summed E-state index contributed by atoms with van der Waals surface area (Å²) in [6.45, 7) is 0.646. The second-order valence-electron chi connectivity index (χ2n) is 3.97. The van der Waals surface area contributed by atoms with E-state index in [4.69, 9.17) is 0 Å². The van der Waals surface area contributed by atoms with Crippen LogP contribution < -0.4 is 5.32 Å². The molecule has 4 nitrogen and oxygen atoms in total. The van der Waals surface area contributed by atoms with Gasteiger partial charge >= 0.3 is 0 Å². The van der Waals surface area contributed by atoms with E-state index in [1.165, 1.54) is 12.1 Å². The lowest BCUT2D eigenvalue weighted by Gasteiger charge is -2.07. The lowest BCUT2D eigenvalue weighted by atomic mass is 10.1. The number of hydrogen-bond acceptors (Lipinski definition) is 3. The summed E-state index contributed by atoms with van der Waals surface area (Å²) in [4.78, 5) is 10.3. The number of allylic oxidation sites excluding steroid dienone is 1. The zero-order chi connectivity index (χ0) is 13.7. The first-order chi connectivity index (χ1) is 9.15. The fourth-order valence-electron chi connectivity index (χ4n) is 1.63. The largest absolute Gasteiger partial charge is 0.380 e. The highest BCUT2D eigenvalue weighted by Gasteiger charge is 2.14. The van der Waals surface area contributed by atoms with Gasteiger partial charge in [0.15, 0.2) is 0 Å². The number of benzene rings is 1. The SMILES string of the molecule is O=[N+]([O-])c1cccc(NC/C(I)=C/[C]2[CH][CH][CH][CH]2)c1. The summed E-state index contributed by atoms with van der Waals surface area (Å²) in [6, 6.07) is 6.51. The van der Waals surface area contributed by atoms with Gasteiger partial charge in [0.25, 0.3) is 5.69 Å². The molecular formula is C14H12IN2O2. The van der Waals surface area contributed by atoms with Gasteiger partial charge in [0.2, 0.25) is 0 Å². The van der Waals surface area contributed by atoms with Gasteiger partial charge in [0.1, 0.15) is 0 Å². The molecule has 1 aromatic carbocycles. The van der Waals surface area contributed by atoms with Crippen LogP contribution in [0.25, 0.3) is 0 Å². The first-order valence-electron chi connectivity index (χ1n) is 5.71. The van der Waals surface area contributed by atoms with Gasteiger partial charge in [-0.3, -0.25) is 10.1 Å². The monoisotopic (exact) mass is 367 g/mol. The van der Waals surface area contributed by atoms with E-state index in [2.05, 4.69) is 34.0 Å². The Morgan fingerprint density at radius 1 is 1.37 bits per heavy atom. The maximum atomic E-state index is 10.7. The molecule has 0 bridgehead atoms. The number of nitro groups is 1. The molecule has 0 aliphatic heterocycles. The number of non-ortho nitro benzene ring substituents is 1.